The summed E-state index contributed by atoms with van der Waals surface area (Å²) >= 11 is 0. The lowest BCUT2D eigenvalue weighted by atomic mass is 10.1. The van der Waals surface area contributed by atoms with E-state index in [9.17, 15) is 19.2 Å². The van der Waals surface area contributed by atoms with Crippen molar-refractivity contribution in [2.24, 2.45) is 0 Å². The Hall–Kier alpha value is -4.47. The molecule has 13 heteroatoms. The number of nitrogen functional groups attached to an aromatic ring is 1. The molecule has 0 spiro atoms. The molecule has 0 saturated carbocycles. The van der Waals surface area contributed by atoms with E-state index in [1.807, 2.05) is 0 Å². The number of hydrogen-bond acceptors (Lipinski definition) is 9. The molecule has 36 heavy (non-hydrogen) atoms. The fourth-order valence-corrected chi connectivity index (χ4v) is 3.90. The lowest BCUT2D eigenvalue weighted by Gasteiger charge is -2.24. The predicted octanol–water partition coefficient (Wildman–Crippen LogP) is 1.94. The number of ether oxygens (including phenoxy) is 2. The number of carbonyl (C=O) groups is 2. The second kappa shape index (κ2) is 9.29. The molecule has 0 bridgehead atoms. The highest BCUT2D eigenvalue weighted by Gasteiger charge is 2.38. The Kier molecular flexibility index (Phi) is 6.36. The van der Waals surface area contributed by atoms with E-state index in [1.165, 1.54) is 41.2 Å². The van der Waals surface area contributed by atoms with Crippen LogP contribution in [0.2, 0.25) is 0 Å². The number of nitrogens with two attached hydrogens (primary N) is 1. The normalized spacial score (nSPS) is 17.6. The van der Waals surface area contributed by atoms with Crippen molar-refractivity contribution in [2.45, 2.75) is 38.6 Å². The Morgan fingerprint density at radius 3 is 2.69 bits per heavy atom. The van der Waals surface area contributed by atoms with Crippen LogP contribution in [-0.4, -0.2) is 74.5 Å². The van der Waals surface area contributed by atoms with Gasteiger partial charge in [-0.2, -0.15) is 10.4 Å². The number of anilines is 1. The molecular formula is C23H25FN8O4. The molecule has 12 nitrogen and oxygen atoms in total. The van der Waals surface area contributed by atoms with E-state index >= 15 is 0 Å². The van der Waals surface area contributed by atoms with Gasteiger partial charge in [0.1, 0.15) is 35.2 Å². The summed E-state index contributed by atoms with van der Waals surface area (Å²) in [5, 5.41) is 16.4. The van der Waals surface area contributed by atoms with Gasteiger partial charge in [0.2, 0.25) is 5.88 Å². The third kappa shape index (κ3) is 4.70. The highest BCUT2D eigenvalue weighted by atomic mass is 19.1. The number of carbonyl (C=O) groups excluding carboxylic acids is 2. The molecule has 0 aromatic carbocycles. The smallest absolute Gasteiger partial charge is 0.410 e. The van der Waals surface area contributed by atoms with Crippen molar-refractivity contribution in [1.82, 2.24) is 29.8 Å². The number of nitriles is 1. The third-order valence-electron chi connectivity index (χ3n) is 5.50. The van der Waals surface area contributed by atoms with Gasteiger partial charge in [-0.05, 0) is 32.9 Å². The molecule has 4 rings (SSSR count). The Labute approximate surface area is 205 Å². The summed E-state index contributed by atoms with van der Waals surface area (Å²) in [7, 11) is 1.35. The highest BCUT2D eigenvalue weighted by Crippen LogP contribution is 2.30. The van der Waals surface area contributed by atoms with Crippen molar-refractivity contribution in [3.63, 3.8) is 0 Å². The van der Waals surface area contributed by atoms with Crippen LogP contribution in [0, 0.1) is 11.3 Å². The van der Waals surface area contributed by atoms with Crippen LogP contribution < -0.4 is 15.8 Å². The van der Waals surface area contributed by atoms with Crippen LogP contribution in [0.15, 0.2) is 24.7 Å². The second-order valence-corrected chi connectivity index (χ2v) is 9.22. The number of pyridine rings is 1. The fourth-order valence-electron chi connectivity index (χ4n) is 3.90. The van der Waals surface area contributed by atoms with Gasteiger partial charge in [-0.1, -0.05) is 0 Å². The van der Waals surface area contributed by atoms with E-state index in [-0.39, 0.29) is 35.9 Å². The number of nitrogens with zero attached hydrogens (tertiary/aromatic N) is 6. The molecule has 2 amide bonds. The molecule has 1 aliphatic heterocycles. The van der Waals surface area contributed by atoms with Crippen molar-refractivity contribution in [2.75, 3.05) is 25.9 Å². The van der Waals surface area contributed by atoms with Crippen molar-refractivity contribution in [1.29, 1.82) is 5.26 Å². The number of amides is 2. The molecule has 3 aromatic rings. The Bertz CT molecular complexity index is 1380. The summed E-state index contributed by atoms with van der Waals surface area (Å²) in [6, 6.07) is 4.12. The average molecular weight is 497 g/mol. The quantitative estimate of drug-likeness (QED) is 0.550. The summed E-state index contributed by atoms with van der Waals surface area (Å²) in [6.45, 7) is 4.87. The molecule has 1 saturated heterocycles. The number of methoxy groups -OCH3 is 1. The first-order valence-electron chi connectivity index (χ1n) is 11.0. The van der Waals surface area contributed by atoms with Crippen LogP contribution in [0.3, 0.4) is 0 Å². The topological polar surface area (TPSA) is 161 Å². The first-order chi connectivity index (χ1) is 17.0. The van der Waals surface area contributed by atoms with E-state index in [4.69, 9.17) is 15.2 Å². The minimum Gasteiger partial charge on any atom is -0.480 e. The molecule has 4 heterocycles. The van der Waals surface area contributed by atoms with Gasteiger partial charge in [-0.15, -0.1) is 0 Å². The zero-order chi connectivity index (χ0) is 26.2. The summed E-state index contributed by atoms with van der Waals surface area (Å²) in [5.41, 5.74) is 6.59. The Morgan fingerprint density at radius 1 is 1.28 bits per heavy atom. The monoisotopic (exact) mass is 496 g/mol. The average Bonchev–Trinajstić information content (AvgIpc) is 3.38. The zero-order valence-electron chi connectivity index (χ0n) is 20.1. The molecule has 1 aliphatic rings. The zero-order valence-corrected chi connectivity index (χ0v) is 20.1. The maximum Gasteiger partial charge on any atom is 0.410 e. The molecular weight excluding hydrogens is 471 g/mol. The SMILES string of the molecule is COc1ncc(-c2c(C#N)cc3c(N)ncnn23)cc1C(=O)N[C@@H]1CN(C(=O)OC(C)(C)C)C[C@@H]1F. The fraction of sp³-hybridized carbons (Fsp3) is 0.391. The van der Waals surface area contributed by atoms with Crippen molar-refractivity contribution >= 4 is 23.3 Å². The van der Waals surface area contributed by atoms with Crippen LogP contribution in [-0.2, 0) is 4.74 Å². The number of nitrogens with one attached hydrogen (secondary N) is 1. The molecule has 0 aliphatic carbocycles. The van der Waals surface area contributed by atoms with Crippen molar-refractivity contribution < 1.29 is 23.5 Å². The van der Waals surface area contributed by atoms with Gasteiger partial charge in [0.25, 0.3) is 5.91 Å². The number of likely N-dealkylation sites (tertiary alicyclic amines) is 1. The number of aromatic nitrogens is 4. The van der Waals surface area contributed by atoms with Crippen LogP contribution in [0.1, 0.15) is 36.7 Å². The highest BCUT2D eigenvalue weighted by molar-refractivity contribution is 5.98. The van der Waals surface area contributed by atoms with Crippen molar-refractivity contribution in [3.8, 4) is 23.2 Å². The van der Waals surface area contributed by atoms with Crippen LogP contribution in [0.25, 0.3) is 16.8 Å². The van der Waals surface area contributed by atoms with Crippen LogP contribution >= 0.6 is 0 Å². The minimum absolute atomic E-state index is 0.00200. The van der Waals surface area contributed by atoms with Gasteiger partial charge in [0.05, 0.1) is 31.0 Å². The molecule has 1 fully saturated rings. The van der Waals surface area contributed by atoms with Crippen molar-refractivity contribution in [3.05, 3.63) is 35.8 Å². The number of halogens is 1. The van der Waals surface area contributed by atoms with E-state index in [0.29, 0.717) is 16.8 Å². The van der Waals surface area contributed by atoms with Crippen LogP contribution in [0.5, 0.6) is 5.88 Å². The van der Waals surface area contributed by atoms with Gasteiger partial charge in [-0.25, -0.2) is 23.7 Å². The standard InChI is InChI=1S/C23H25FN8O4/c1-23(2,3)36-22(34)31-9-15(24)16(10-31)30-20(33)14-5-13(8-27-21(14)35-4)18-12(7-25)6-17-19(26)28-11-29-32(17)18/h5-6,8,11,15-16H,9-10H2,1-4H3,(H,30,33)(H2,26,28,29)/t15-,16+/m0/s1. The van der Waals surface area contributed by atoms with E-state index < -0.39 is 29.8 Å². The Balaban J connectivity index is 1.62. The summed E-state index contributed by atoms with van der Waals surface area (Å²) < 4.78 is 26.7. The van der Waals surface area contributed by atoms with Gasteiger partial charge in [0.15, 0.2) is 5.82 Å². The second-order valence-electron chi connectivity index (χ2n) is 9.22. The Morgan fingerprint density at radius 2 is 2.03 bits per heavy atom. The summed E-state index contributed by atoms with van der Waals surface area (Å²) in [4.78, 5) is 34.8. The molecule has 3 aromatic heterocycles. The number of rotatable bonds is 4. The largest absolute Gasteiger partial charge is 0.480 e. The minimum atomic E-state index is -1.50. The van der Waals surface area contributed by atoms with E-state index in [0.717, 1.165) is 0 Å². The summed E-state index contributed by atoms with van der Waals surface area (Å²) in [6.07, 6.45) is 0.514. The molecule has 2 atom stereocenters. The van der Waals surface area contributed by atoms with Gasteiger partial charge < -0.3 is 25.4 Å². The maximum atomic E-state index is 14.7. The van der Waals surface area contributed by atoms with Crippen LogP contribution in [0.4, 0.5) is 15.0 Å². The molecule has 188 valence electrons. The number of hydrogen-bond donors (Lipinski definition) is 2. The first-order valence-corrected chi connectivity index (χ1v) is 11.0. The first kappa shape index (κ1) is 24.6. The van der Waals surface area contributed by atoms with Gasteiger partial charge in [0, 0.05) is 18.3 Å². The molecule has 0 unspecified atom stereocenters. The lowest BCUT2D eigenvalue weighted by Crippen LogP contribution is -2.42. The lowest BCUT2D eigenvalue weighted by molar-refractivity contribution is 0.0281. The molecule has 0 radical (unpaired) electrons. The maximum absolute atomic E-state index is 14.7. The van der Waals surface area contributed by atoms with Gasteiger partial charge >= 0.3 is 6.09 Å². The number of alkyl halides is 1. The molecule has 3 N–H and O–H groups in total. The number of fused-ring (bicyclic) bond motifs is 1. The summed E-state index contributed by atoms with van der Waals surface area (Å²) in [5.74, 6) is -0.479. The van der Waals surface area contributed by atoms with E-state index in [1.54, 1.807) is 20.8 Å². The van der Waals surface area contributed by atoms with Gasteiger partial charge in [-0.3, -0.25) is 4.79 Å². The van der Waals surface area contributed by atoms with E-state index in [2.05, 4.69) is 26.5 Å². The third-order valence-corrected chi connectivity index (χ3v) is 5.50. The predicted molar refractivity (Wildman–Crippen MR) is 126 cm³/mol.